The number of nitrogens with zero attached hydrogens (tertiary/aromatic N) is 4. The lowest BCUT2D eigenvalue weighted by atomic mass is 10.0. The molecule has 3 heterocycles. The van der Waals surface area contributed by atoms with Crippen LogP contribution in [0.5, 0.6) is 0 Å². The van der Waals surface area contributed by atoms with Crippen LogP contribution in [0.1, 0.15) is 45.0 Å². The summed E-state index contributed by atoms with van der Waals surface area (Å²) in [6.07, 6.45) is 1.39. The lowest BCUT2D eigenvalue weighted by molar-refractivity contribution is 0.102. The molecule has 0 bridgehead atoms. The lowest BCUT2D eigenvalue weighted by Crippen LogP contribution is -2.39. The summed E-state index contributed by atoms with van der Waals surface area (Å²) in [6, 6.07) is 5.40. The molecule has 4 rings (SSSR count). The highest BCUT2D eigenvalue weighted by Gasteiger charge is 2.36. The molecule has 31 heavy (non-hydrogen) atoms. The number of hydrogen-bond acceptors (Lipinski definition) is 8. The molecule has 9 nitrogen and oxygen atoms in total. The third kappa shape index (κ3) is 4.36. The molecule has 1 fully saturated rings. The van der Waals surface area contributed by atoms with Crippen LogP contribution in [0.3, 0.4) is 0 Å². The highest BCUT2D eigenvalue weighted by atomic mass is 32.2. The number of nitrogens with one attached hydrogen (secondary N) is 1. The topological polar surface area (TPSA) is 118 Å². The van der Waals surface area contributed by atoms with Crippen LogP contribution >= 0.6 is 11.3 Å². The molecule has 1 aliphatic rings. The average Bonchev–Trinajstić information content (AvgIpc) is 3.37. The van der Waals surface area contributed by atoms with E-state index in [1.165, 1.54) is 28.6 Å². The summed E-state index contributed by atoms with van der Waals surface area (Å²) in [5.74, 6) is -0.764. The van der Waals surface area contributed by atoms with Crippen molar-refractivity contribution >= 4 is 33.0 Å². The van der Waals surface area contributed by atoms with Gasteiger partial charge >= 0.3 is 0 Å². The second kappa shape index (κ2) is 8.44. The molecule has 1 aromatic carbocycles. The number of rotatable bonds is 5. The zero-order valence-electron chi connectivity index (χ0n) is 16.8. The van der Waals surface area contributed by atoms with E-state index in [0.29, 0.717) is 29.4 Å². The summed E-state index contributed by atoms with van der Waals surface area (Å²) >= 11 is 1.13. The smallest absolute Gasteiger partial charge is 0.286 e. The summed E-state index contributed by atoms with van der Waals surface area (Å²) in [5.41, 5.74) is 0.771. The Morgan fingerprint density at radius 3 is 2.68 bits per heavy atom. The molecule has 164 valence electrons. The fraction of sp³-hybridized carbons (Fsp3) is 0.368. The third-order valence-electron chi connectivity index (χ3n) is 5.04. The maximum absolute atomic E-state index is 13.1. The molecule has 1 aliphatic heterocycles. The van der Waals surface area contributed by atoms with Crippen molar-refractivity contribution in [3.8, 4) is 0 Å². The number of sulfonamides is 1. The second-order valence-electron chi connectivity index (χ2n) is 7.26. The molecule has 0 spiro atoms. The number of halogens is 1. The van der Waals surface area contributed by atoms with E-state index in [9.17, 15) is 17.6 Å². The number of aromatic nitrogens is 3. The molecule has 1 saturated heterocycles. The van der Waals surface area contributed by atoms with Crippen LogP contribution in [-0.2, 0) is 10.0 Å². The molecule has 0 aliphatic carbocycles. The van der Waals surface area contributed by atoms with Gasteiger partial charge in [0.15, 0.2) is 5.76 Å². The van der Waals surface area contributed by atoms with Crippen LogP contribution in [0, 0.1) is 19.7 Å². The summed E-state index contributed by atoms with van der Waals surface area (Å²) in [4.78, 5) is 12.5. The van der Waals surface area contributed by atoms with Crippen LogP contribution in [0.15, 0.2) is 33.7 Å². The molecule has 0 unspecified atom stereocenters. The summed E-state index contributed by atoms with van der Waals surface area (Å²) < 4.78 is 45.7. The van der Waals surface area contributed by atoms with E-state index in [0.717, 1.165) is 17.8 Å². The fourth-order valence-electron chi connectivity index (χ4n) is 3.54. The van der Waals surface area contributed by atoms with Gasteiger partial charge in [0.2, 0.25) is 15.0 Å². The van der Waals surface area contributed by atoms with E-state index in [4.69, 9.17) is 4.52 Å². The number of carbonyl (C=O) groups excluding carboxylic acids is 1. The van der Waals surface area contributed by atoms with Gasteiger partial charge in [-0.25, -0.2) is 12.8 Å². The summed E-state index contributed by atoms with van der Waals surface area (Å²) in [7, 11) is -3.75. The molecule has 1 N–H and O–H groups in total. The van der Waals surface area contributed by atoms with Gasteiger partial charge in [-0.15, -0.1) is 10.2 Å². The SMILES string of the molecule is Cc1noc(C)c1S(=O)(=O)N1CCC[C@H](c2nnc(C(=O)Nc3ccc(F)cc3)s2)C1. The molecular weight excluding hydrogens is 445 g/mol. The normalized spacial score (nSPS) is 17.6. The molecule has 12 heteroatoms. The summed E-state index contributed by atoms with van der Waals surface area (Å²) in [6.45, 7) is 3.80. The Kier molecular flexibility index (Phi) is 5.86. The number of aryl methyl sites for hydroxylation is 2. The van der Waals surface area contributed by atoms with Crippen molar-refractivity contribution in [2.45, 2.75) is 37.5 Å². The first-order valence-corrected chi connectivity index (χ1v) is 11.8. The minimum Gasteiger partial charge on any atom is -0.360 e. The number of hydrogen-bond donors (Lipinski definition) is 1. The number of carbonyl (C=O) groups is 1. The van der Waals surface area contributed by atoms with Gasteiger partial charge in [-0.3, -0.25) is 4.79 Å². The van der Waals surface area contributed by atoms with E-state index in [1.54, 1.807) is 13.8 Å². The Morgan fingerprint density at radius 2 is 2.00 bits per heavy atom. The van der Waals surface area contributed by atoms with Crippen LogP contribution in [0.4, 0.5) is 10.1 Å². The zero-order chi connectivity index (χ0) is 22.2. The fourth-order valence-corrected chi connectivity index (χ4v) is 6.22. The van der Waals surface area contributed by atoms with Gasteiger partial charge in [0.05, 0.1) is 0 Å². The molecule has 0 radical (unpaired) electrons. The van der Waals surface area contributed by atoms with E-state index in [-0.39, 0.29) is 28.1 Å². The van der Waals surface area contributed by atoms with Crippen LogP contribution in [0.2, 0.25) is 0 Å². The second-order valence-corrected chi connectivity index (χ2v) is 10.1. The molecule has 1 atom stereocenters. The third-order valence-corrected chi connectivity index (χ3v) is 8.23. The maximum atomic E-state index is 13.1. The minimum atomic E-state index is -3.75. The maximum Gasteiger partial charge on any atom is 0.286 e. The minimum absolute atomic E-state index is 0.102. The van der Waals surface area contributed by atoms with Crippen molar-refractivity contribution < 1.29 is 22.1 Å². The van der Waals surface area contributed by atoms with Crippen LogP contribution in [0.25, 0.3) is 0 Å². The monoisotopic (exact) mass is 465 g/mol. The number of amides is 1. The first kappa shape index (κ1) is 21.5. The molecule has 2 aromatic heterocycles. The molecule has 0 saturated carbocycles. The van der Waals surface area contributed by atoms with Gasteiger partial charge in [0.25, 0.3) is 5.91 Å². The van der Waals surface area contributed by atoms with Crippen molar-refractivity contribution in [2.24, 2.45) is 0 Å². The van der Waals surface area contributed by atoms with Crippen molar-refractivity contribution in [3.63, 3.8) is 0 Å². The van der Waals surface area contributed by atoms with Gasteiger partial charge < -0.3 is 9.84 Å². The largest absolute Gasteiger partial charge is 0.360 e. The Bertz CT molecular complexity index is 1190. The highest BCUT2D eigenvalue weighted by molar-refractivity contribution is 7.89. The molecule has 1 amide bonds. The van der Waals surface area contributed by atoms with E-state index >= 15 is 0 Å². The van der Waals surface area contributed by atoms with E-state index in [2.05, 4.69) is 20.7 Å². The van der Waals surface area contributed by atoms with Gasteiger partial charge in [-0.1, -0.05) is 16.5 Å². The van der Waals surface area contributed by atoms with Gasteiger partial charge in [0.1, 0.15) is 21.4 Å². The van der Waals surface area contributed by atoms with Crippen molar-refractivity contribution in [1.29, 1.82) is 0 Å². The number of benzene rings is 1. The first-order chi connectivity index (χ1) is 14.8. The van der Waals surface area contributed by atoms with Gasteiger partial charge in [0, 0.05) is 24.7 Å². The van der Waals surface area contributed by atoms with Crippen LogP contribution < -0.4 is 5.32 Å². The first-order valence-electron chi connectivity index (χ1n) is 9.59. The van der Waals surface area contributed by atoms with Gasteiger partial charge in [-0.05, 0) is 51.0 Å². The van der Waals surface area contributed by atoms with E-state index < -0.39 is 21.7 Å². The Hall–Kier alpha value is -2.70. The average molecular weight is 466 g/mol. The predicted molar refractivity (Wildman–Crippen MR) is 111 cm³/mol. The van der Waals surface area contributed by atoms with Crippen molar-refractivity contribution in [2.75, 3.05) is 18.4 Å². The predicted octanol–water partition coefficient (Wildman–Crippen LogP) is 3.10. The Balaban J connectivity index is 1.49. The van der Waals surface area contributed by atoms with Gasteiger partial charge in [-0.2, -0.15) is 4.31 Å². The van der Waals surface area contributed by atoms with Crippen molar-refractivity contribution in [3.05, 3.63) is 51.6 Å². The number of anilines is 1. The summed E-state index contributed by atoms with van der Waals surface area (Å²) in [5, 5.41) is 15.2. The van der Waals surface area contributed by atoms with E-state index in [1.807, 2.05) is 0 Å². The Morgan fingerprint density at radius 1 is 1.26 bits per heavy atom. The molecular formula is C19H20FN5O4S2. The van der Waals surface area contributed by atoms with Crippen molar-refractivity contribution in [1.82, 2.24) is 19.7 Å². The van der Waals surface area contributed by atoms with Crippen LogP contribution in [-0.4, -0.2) is 47.1 Å². The quantitative estimate of drug-likeness (QED) is 0.615. The zero-order valence-corrected chi connectivity index (χ0v) is 18.5. The standard InChI is InChI=1S/C19H20FN5O4S2/c1-11-16(12(2)29-24-11)31(27,28)25-9-3-4-13(10-25)18-22-23-19(30-18)17(26)21-15-7-5-14(20)6-8-15/h5-8,13H,3-4,9-10H2,1-2H3,(H,21,26)/t13-/m0/s1. The Labute approximate surface area is 182 Å². The molecule has 3 aromatic rings. The number of piperidine rings is 1. The lowest BCUT2D eigenvalue weighted by Gasteiger charge is -2.30. The highest BCUT2D eigenvalue weighted by Crippen LogP contribution is 2.33.